The second-order valence-corrected chi connectivity index (χ2v) is 5.36. The fraction of sp³-hybridized carbons (Fsp3) is 0. The van der Waals surface area contributed by atoms with Crippen LogP contribution in [0.5, 0.6) is 0 Å². The number of hydrogen-bond acceptors (Lipinski definition) is 2. The first-order valence-electron chi connectivity index (χ1n) is 5.13. The second kappa shape index (κ2) is 5.93. The van der Waals surface area contributed by atoms with Gasteiger partial charge in [0.25, 0.3) is 0 Å². The highest BCUT2D eigenvalue weighted by Crippen LogP contribution is 2.19. The molecule has 0 aliphatic heterocycles. The number of anilines is 1. The maximum Gasteiger partial charge on any atom is 0.248 e. The van der Waals surface area contributed by atoms with Crippen molar-refractivity contribution in [3.63, 3.8) is 0 Å². The standard InChI is InChI=1S/C13H9BrFNOS/c14-9-3-5-12(11(15)8-9)16-13(17)6-4-10-2-1-7-18-10/h1-8H,(H,16,17)/b6-4+. The van der Waals surface area contributed by atoms with Gasteiger partial charge in [0, 0.05) is 15.4 Å². The van der Waals surface area contributed by atoms with Crippen LogP contribution in [0, 0.1) is 5.82 Å². The Morgan fingerprint density at radius 3 is 2.89 bits per heavy atom. The summed E-state index contributed by atoms with van der Waals surface area (Å²) < 4.78 is 14.1. The van der Waals surface area contributed by atoms with Crippen LogP contribution in [0.15, 0.2) is 46.3 Å². The Bertz CT molecular complexity index is 581. The van der Waals surface area contributed by atoms with Gasteiger partial charge in [0.05, 0.1) is 5.69 Å². The molecule has 2 rings (SSSR count). The molecule has 0 saturated carbocycles. The summed E-state index contributed by atoms with van der Waals surface area (Å²) in [6.45, 7) is 0. The van der Waals surface area contributed by atoms with Crippen molar-refractivity contribution in [2.75, 3.05) is 5.32 Å². The van der Waals surface area contributed by atoms with Crippen LogP contribution in [-0.4, -0.2) is 5.91 Å². The van der Waals surface area contributed by atoms with E-state index in [1.54, 1.807) is 12.1 Å². The largest absolute Gasteiger partial charge is 0.320 e. The molecular weight excluding hydrogens is 317 g/mol. The van der Waals surface area contributed by atoms with Gasteiger partial charge in [0.15, 0.2) is 0 Å². The zero-order valence-corrected chi connectivity index (χ0v) is 11.6. The van der Waals surface area contributed by atoms with Crippen molar-refractivity contribution in [1.82, 2.24) is 0 Å². The van der Waals surface area contributed by atoms with Gasteiger partial charge in [-0.05, 0) is 35.7 Å². The van der Waals surface area contributed by atoms with Crippen LogP contribution in [-0.2, 0) is 4.79 Å². The number of rotatable bonds is 3. The molecule has 0 aliphatic carbocycles. The van der Waals surface area contributed by atoms with Crippen LogP contribution < -0.4 is 5.32 Å². The molecule has 1 N–H and O–H groups in total. The lowest BCUT2D eigenvalue weighted by atomic mass is 10.3. The highest BCUT2D eigenvalue weighted by Gasteiger charge is 2.04. The molecule has 0 unspecified atom stereocenters. The van der Waals surface area contributed by atoms with Gasteiger partial charge >= 0.3 is 0 Å². The topological polar surface area (TPSA) is 29.1 Å². The highest BCUT2D eigenvalue weighted by molar-refractivity contribution is 9.10. The molecule has 0 saturated heterocycles. The van der Waals surface area contributed by atoms with Crippen molar-refractivity contribution in [3.8, 4) is 0 Å². The quantitative estimate of drug-likeness (QED) is 0.837. The van der Waals surface area contributed by atoms with E-state index in [4.69, 9.17) is 0 Å². The Hall–Kier alpha value is -1.46. The number of halogens is 2. The Balaban J connectivity index is 2.03. The number of carbonyl (C=O) groups is 1. The minimum Gasteiger partial charge on any atom is -0.320 e. The molecular formula is C13H9BrFNOS. The van der Waals surface area contributed by atoms with Gasteiger partial charge in [-0.3, -0.25) is 4.79 Å². The van der Waals surface area contributed by atoms with Crippen LogP contribution in [0.1, 0.15) is 4.88 Å². The van der Waals surface area contributed by atoms with Gasteiger partial charge < -0.3 is 5.32 Å². The van der Waals surface area contributed by atoms with E-state index in [9.17, 15) is 9.18 Å². The summed E-state index contributed by atoms with van der Waals surface area (Å²) >= 11 is 4.68. The van der Waals surface area contributed by atoms with Gasteiger partial charge in [0.1, 0.15) is 5.82 Å². The Labute approximate surface area is 116 Å². The zero-order chi connectivity index (χ0) is 13.0. The Morgan fingerprint density at radius 1 is 1.39 bits per heavy atom. The van der Waals surface area contributed by atoms with Gasteiger partial charge in [0.2, 0.25) is 5.91 Å². The third kappa shape index (κ3) is 3.51. The SMILES string of the molecule is O=C(/C=C/c1cccs1)Nc1ccc(Br)cc1F. The molecule has 1 aromatic heterocycles. The van der Waals surface area contributed by atoms with E-state index in [1.165, 1.54) is 29.5 Å². The molecule has 0 spiro atoms. The fourth-order valence-electron chi connectivity index (χ4n) is 1.31. The number of benzene rings is 1. The van der Waals surface area contributed by atoms with E-state index in [2.05, 4.69) is 21.2 Å². The summed E-state index contributed by atoms with van der Waals surface area (Å²) in [5, 5.41) is 4.41. The van der Waals surface area contributed by atoms with Crippen LogP contribution in [0.3, 0.4) is 0 Å². The fourth-order valence-corrected chi connectivity index (χ4v) is 2.26. The van der Waals surface area contributed by atoms with Crippen molar-refractivity contribution >= 4 is 44.9 Å². The molecule has 92 valence electrons. The summed E-state index contributed by atoms with van der Waals surface area (Å²) in [6, 6.07) is 8.28. The molecule has 5 heteroatoms. The monoisotopic (exact) mass is 325 g/mol. The van der Waals surface area contributed by atoms with Gasteiger partial charge in [-0.2, -0.15) is 0 Å². The average molecular weight is 326 g/mol. The minimum absolute atomic E-state index is 0.166. The molecule has 2 nitrogen and oxygen atoms in total. The molecule has 0 radical (unpaired) electrons. The van der Waals surface area contributed by atoms with E-state index in [1.807, 2.05) is 17.5 Å². The summed E-state index contributed by atoms with van der Waals surface area (Å²) in [4.78, 5) is 12.5. The number of nitrogens with one attached hydrogen (secondary N) is 1. The summed E-state index contributed by atoms with van der Waals surface area (Å²) in [5.74, 6) is -0.827. The molecule has 1 amide bonds. The first-order valence-corrected chi connectivity index (χ1v) is 6.80. The van der Waals surface area contributed by atoms with Crippen LogP contribution in [0.4, 0.5) is 10.1 Å². The van der Waals surface area contributed by atoms with E-state index in [-0.39, 0.29) is 11.6 Å². The van der Waals surface area contributed by atoms with Crippen molar-refractivity contribution in [2.24, 2.45) is 0 Å². The highest BCUT2D eigenvalue weighted by atomic mass is 79.9. The molecule has 2 aromatic rings. The Morgan fingerprint density at radius 2 is 2.22 bits per heavy atom. The normalized spacial score (nSPS) is 10.8. The van der Waals surface area contributed by atoms with Gasteiger partial charge in [-0.15, -0.1) is 11.3 Å². The number of amides is 1. The molecule has 18 heavy (non-hydrogen) atoms. The van der Waals surface area contributed by atoms with Gasteiger partial charge in [-0.1, -0.05) is 22.0 Å². The molecule has 0 bridgehead atoms. The lowest BCUT2D eigenvalue weighted by molar-refractivity contribution is -0.111. The minimum atomic E-state index is -0.470. The zero-order valence-electron chi connectivity index (χ0n) is 9.19. The van der Waals surface area contributed by atoms with E-state index in [0.29, 0.717) is 4.47 Å². The molecule has 1 aromatic carbocycles. The predicted octanol–water partition coefficient (Wildman–Crippen LogP) is 4.30. The van der Waals surface area contributed by atoms with Gasteiger partial charge in [-0.25, -0.2) is 4.39 Å². The summed E-state index contributed by atoms with van der Waals surface area (Å²) in [7, 11) is 0. The van der Waals surface area contributed by atoms with Crippen molar-refractivity contribution in [3.05, 3.63) is 57.0 Å². The molecule has 0 fully saturated rings. The van der Waals surface area contributed by atoms with Crippen LogP contribution in [0.25, 0.3) is 6.08 Å². The number of hydrogen-bond donors (Lipinski definition) is 1. The third-order valence-electron chi connectivity index (χ3n) is 2.13. The van der Waals surface area contributed by atoms with Crippen molar-refractivity contribution in [1.29, 1.82) is 0 Å². The third-order valence-corrected chi connectivity index (χ3v) is 3.46. The number of carbonyl (C=O) groups excluding carboxylic acids is 1. The van der Waals surface area contributed by atoms with Crippen molar-refractivity contribution < 1.29 is 9.18 Å². The Kier molecular flexibility index (Phi) is 4.28. The van der Waals surface area contributed by atoms with E-state index >= 15 is 0 Å². The smallest absolute Gasteiger partial charge is 0.248 e. The molecule has 1 heterocycles. The lowest BCUT2D eigenvalue weighted by Gasteiger charge is -2.03. The molecule has 0 aliphatic rings. The van der Waals surface area contributed by atoms with Crippen LogP contribution in [0.2, 0.25) is 0 Å². The second-order valence-electron chi connectivity index (χ2n) is 3.46. The summed E-state index contributed by atoms with van der Waals surface area (Å²) in [5.41, 5.74) is 0.166. The lowest BCUT2D eigenvalue weighted by Crippen LogP contribution is -2.09. The first kappa shape index (κ1) is 13.0. The predicted molar refractivity (Wildman–Crippen MR) is 76.1 cm³/mol. The first-order chi connectivity index (χ1) is 8.65. The summed E-state index contributed by atoms with van der Waals surface area (Å²) in [6.07, 6.45) is 3.07. The maximum atomic E-state index is 13.5. The van der Waals surface area contributed by atoms with Crippen molar-refractivity contribution in [2.45, 2.75) is 0 Å². The van der Waals surface area contributed by atoms with Crippen LogP contribution >= 0.6 is 27.3 Å². The molecule has 0 atom stereocenters. The van der Waals surface area contributed by atoms with E-state index < -0.39 is 5.82 Å². The average Bonchev–Trinajstić information content (AvgIpc) is 2.83. The maximum absolute atomic E-state index is 13.5. The van der Waals surface area contributed by atoms with E-state index in [0.717, 1.165) is 4.88 Å². The number of thiophene rings is 1.